The third-order valence-corrected chi connectivity index (χ3v) is 1.46. The highest BCUT2D eigenvalue weighted by Gasteiger charge is 2.24. The predicted molar refractivity (Wildman–Crippen MR) is 36.0 cm³/mol. The van der Waals surface area contributed by atoms with E-state index in [9.17, 15) is 0 Å². The minimum atomic E-state index is -0.220. The Kier molecular flexibility index (Phi) is 2.24. The van der Waals surface area contributed by atoms with E-state index in [2.05, 4.69) is 23.6 Å². The first kappa shape index (κ1) is 7.22. The number of nitrogens with two attached hydrogens (primary N) is 2. The van der Waals surface area contributed by atoms with Crippen molar-refractivity contribution in [2.75, 3.05) is 6.67 Å². The fourth-order valence-electron chi connectivity index (χ4n) is 0.612. The van der Waals surface area contributed by atoms with Gasteiger partial charge < -0.3 is 0 Å². The van der Waals surface area contributed by atoms with Crippen molar-refractivity contribution in [3.8, 4) is 0 Å². The summed E-state index contributed by atoms with van der Waals surface area (Å²) in [4.78, 5) is 0. The first-order chi connectivity index (χ1) is 4.25. The second-order valence-electron chi connectivity index (χ2n) is 1.68. The highest BCUT2D eigenvalue weighted by atomic mass is 32.1. The van der Waals surface area contributed by atoms with Gasteiger partial charge in [0.25, 0.3) is 0 Å². The Balaban J connectivity index is 2.41. The molecule has 6 nitrogen and oxygen atoms in total. The Morgan fingerprint density at radius 2 is 2.44 bits per heavy atom. The standard InChI is InChI=1S/C2H10N6S/c3-6-2-5-1-7(9)8(2)4/h2,5-6,9H,1,3-4H2. The molecule has 7 heteroatoms. The van der Waals surface area contributed by atoms with Gasteiger partial charge in [0.2, 0.25) is 0 Å². The van der Waals surface area contributed by atoms with Crippen molar-refractivity contribution in [3.05, 3.63) is 0 Å². The van der Waals surface area contributed by atoms with Gasteiger partial charge >= 0.3 is 0 Å². The molecule has 0 bridgehead atoms. The first-order valence-electron chi connectivity index (χ1n) is 2.45. The molecule has 1 aliphatic rings. The van der Waals surface area contributed by atoms with Gasteiger partial charge in [-0.2, -0.15) is 4.41 Å². The van der Waals surface area contributed by atoms with Gasteiger partial charge in [0, 0.05) is 0 Å². The smallest absolute Gasteiger partial charge is 0.156 e. The van der Waals surface area contributed by atoms with Crippen LogP contribution >= 0.6 is 12.8 Å². The minimum Gasteiger partial charge on any atom is -0.271 e. The summed E-state index contributed by atoms with van der Waals surface area (Å²) in [5, 5.41) is 4.27. The van der Waals surface area contributed by atoms with E-state index < -0.39 is 0 Å². The molecule has 1 heterocycles. The summed E-state index contributed by atoms with van der Waals surface area (Å²) in [7, 11) is 0. The summed E-state index contributed by atoms with van der Waals surface area (Å²) < 4.78 is 1.50. The van der Waals surface area contributed by atoms with Crippen LogP contribution in [0.25, 0.3) is 0 Å². The quantitative estimate of drug-likeness (QED) is 0.162. The second kappa shape index (κ2) is 2.80. The second-order valence-corrected chi connectivity index (χ2v) is 2.15. The fourth-order valence-corrected chi connectivity index (χ4v) is 0.797. The molecule has 0 aromatic carbocycles. The summed E-state index contributed by atoms with van der Waals surface area (Å²) in [6.07, 6.45) is -0.220. The van der Waals surface area contributed by atoms with E-state index in [-0.39, 0.29) is 6.29 Å². The molecule has 9 heavy (non-hydrogen) atoms. The summed E-state index contributed by atoms with van der Waals surface area (Å²) in [6, 6.07) is 0. The van der Waals surface area contributed by atoms with Gasteiger partial charge in [-0.25, -0.2) is 5.43 Å². The molecular weight excluding hydrogens is 140 g/mol. The van der Waals surface area contributed by atoms with Crippen molar-refractivity contribution in [2.45, 2.75) is 6.29 Å². The van der Waals surface area contributed by atoms with Gasteiger partial charge in [0.05, 0.1) is 6.67 Å². The number of hydrogen-bond acceptors (Lipinski definition) is 7. The average molecular weight is 150 g/mol. The van der Waals surface area contributed by atoms with Crippen LogP contribution in [-0.2, 0) is 0 Å². The van der Waals surface area contributed by atoms with Crippen LogP contribution < -0.4 is 22.4 Å². The average Bonchev–Trinajstić information content (AvgIpc) is 2.15. The number of rotatable bonds is 1. The molecule has 54 valence electrons. The van der Waals surface area contributed by atoms with Crippen LogP contribution in [0.1, 0.15) is 0 Å². The lowest BCUT2D eigenvalue weighted by Gasteiger charge is -2.20. The molecule has 0 spiro atoms. The van der Waals surface area contributed by atoms with Crippen LogP contribution in [-0.4, -0.2) is 22.5 Å². The molecule has 0 radical (unpaired) electrons. The van der Waals surface area contributed by atoms with Crippen molar-refractivity contribution in [2.24, 2.45) is 11.7 Å². The molecule has 0 aromatic heterocycles. The molecular formula is C2H10N6S. The largest absolute Gasteiger partial charge is 0.271 e. The SMILES string of the molecule is NNC1NCN(S)N1N. The van der Waals surface area contributed by atoms with E-state index in [1.165, 1.54) is 9.53 Å². The highest BCUT2D eigenvalue weighted by Crippen LogP contribution is 2.02. The summed E-state index contributed by atoms with van der Waals surface area (Å²) in [6.45, 7) is 0.578. The maximum Gasteiger partial charge on any atom is 0.156 e. The summed E-state index contributed by atoms with van der Waals surface area (Å²) in [5.41, 5.74) is 2.44. The molecule has 0 aromatic rings. The van der Waals surface area contributed by atoms with E-state index in [1.54, 1.807) is 0 Å². The minimum absolute atomic E-state index is 0.220. The van der Waals surface area contributed by atoms with Crippen LogP contribution in [0.4, 0.5) is 0 Å². The molecule has 0 amide bonds. The Bertz CT molecular complexity index is 97.1. The normalized spacial score (nSPS) is 31.7. The van der Waals surface area contributed by atoms with Gasteiger partial charge in [0.15, 0.2) is 6.29 Å². The third-order valence-electron chi connectivity index (χ3n) is 1.12. The number of nitrogens with zero attached hydrogens (tertiary/aromatic N) is 2. The van der Waals surface area contributed by atoms with E-state index >= 15 is 0 Å². The third kappa shape index (κ3) is 1.33. The van der Waals surface area contributed by atoms with Crippen molar-refractivity contribution < 1.29 is 0 Å². The van der Waals surface area contributed by atoms with Crippen molar-refractivity contribution in [3.63, 3.8) is 0 Å². The van der Waals surface area contributed by atoms with Crippen LogP contribution in [0.2, 0.25) is 0 Å². The lowest BCUT2D eigenvalue weighted by molar-refractivity contribution is 0.0718. The lowest BCUT2D eigenvalue weighted by Crippen LogP contribution is -2.55. The molecule has 1 saturated heterocycles. The Hall–Kier alpha value is 0.110. The molecule has 1 rings (SSSR count). The Morgan fingerprint density at radius 1 is 1.78 bits per heavy atom. The number of thiol groups is 1. The monoisotopic (exact) mass is 150 g/mol. The maximum atomic E-state index is 5.41. The van der Waals surface area contributed by atoms with E-state index in [4.69, 9.17) is 11.7 Å². The molecule has 1 fully saturated rings. The molecule has 0 saturated carbocycles. The van der Waals surface area contributed by atoms with Gasteiger partial charge in [-0.05, 0) is 0 Å². The first-order valence-corrected chi connectivity index (χ1v) is 2.85. The van der Waals surface area contributed by atoms with E-state index in [0.717, 1.165) is 0 Å². The number of hydrogen-bond donors (Lipinski definition) is 5. The zero-order chi connectivity index (χ0) is 6.85. The van der Waals surface area contributed by atoms with E-state index in [0.29, 0.717) is 6.67 Å². The van der Waals surface area contributed by atoms with Gasteiger partial charge in [-0.1, -0.05) is 12.8 Å². The predicted octanol–water partition coefficient (Wildman–Crippen LogP) is -2.47. The zero-order valence-electron chi connectivity index (χ0n) is 4.78. The van der Waals surface area contributed by atoms with Crippen molar-refractivity contribution >= 4 is 12.8 Å². The van der Waals surface area contributed by atoms with Crippen molar-refractivity contribution in [1.29, 1.82) is 0 Å². The Morgan fingerprint density at radius 3 is 2.67 bits per heavy atom. The van der Waals surface area contributed by atoms with Crippen LogP contribution in [0, 0.1) is 0 Å². The summed E-state index contributed by atoms with van der Waals surface area (Å²) >= 11 is 3.98. The van der Waals surface area contributed by atoms with Gasteiger partial charge in [-0.15, -0.1) is 5.12 Å². The van der Waals surface area contributed by atoms with Gasteiger partial charge in [-0.3, -0.25) is 17.0 Å². The zero-order valence-corrected chi connectivity index (χ0v) is 5.68. The van der Waals surface area contributed by atoms with Crippen molar-refractivity contribution in [1.82, 2.24) is 20.3 Å². The maximum absolute atomic E-state index is 5.41. The van der Waals surface area contributed by atoms with Crippen LogP contribution in [0.5, 0.6) is 0 Å². The molecule has 1 aliphatic heterocycles. The van der Waals surface area contributed by atoms with Crippen LogP contribution in [0.15, 0.2) is 0 Å². The van der Waals surface area contributed by atoms with Crippen LogP contribution in [0.3, 0.4) is 0 Å². The highest BCUT2D eigenvalue weighted by molar-refractivity contribution is 7.77. The molecule has 1 atom stereocenters. The lowest BCUT2D eigenvalue weighted by atomic mass is 10.9. The van der Waals surface area contributed by atoms with E-state index in [1.807, 2.05) is 0 Å². The molecule has 1 unspecified atom stereocenters. The van der Waals surface area contributed by atoms with Gasteiger partial charge in [0.1, 0.15) is 0 Å². The molecule has 0 aliphatic carbocycles. The topological polar surface area (TPSA) is 82.6 Å². The molecule has 6 N–H and O–H groups in total. The Labute approximate surface area is 58.6 Å². The number of nitrogens with one attached hydrogen (secondary N) is 2. The summed E-state index contributed by atoms with van der Waals surface area (Å²) in [5.74, 6) is 10.5. The number of hydrazine groups is 3. The fraction of sp³-hybridized carbons (Fsp3) is 1.00.